The fourth-order valence-corrected chi connectivity index (χ4v) is 3.44. The highest BCUT2D eigenvalue weighted by Gasteiger charge is 2.48. The fraction of sp³-hybridized carbons (Fsp3) is 0.294. The van der Waals surface area contributed by atoms with Gasteiger partial charge in [0.15, 0.2) is 0 Å². The monoisotopic (exact) mass is 345 g/mol. The van der Waals surface area contributed by atoms with E-state index in [1.54, 1.807) is 24.0 Å². The first-order valence-corrected chi connectivity index (χ1v) is 8.43. The average molecular weight is 345 g/mol. The molecule has 0 N–H and O–H groups in total. The van der Waals surface area contributed by atoms with Gasteiger partial charge in [0.1, 0.15) is 5.78 Å². The van der Waals surface area contributed by atoms with Crippen LogP contribution >= 0.6 is 11.3 Å². The second-order valence-electron chi connectivity index (χ2n) is 6.03. The van der Waals surface area contributed by atoms with Crippen LogP contribution in [0.3, 0.4) is 0 Å². The molecule has 4 rings (SSSR count). The number of pyridine rings is 2. The number of carbonyl (C=O) groups excluding carboxylic acids is 1. The van der Waals surface area contributed by atoms with Gasteiger partial charge in [-0.2, -0.15) is 0 Å². The number of alkyl halides is 2. The zero-order valence-corrected chi connectivity index (χ0v) is 13.4. The molecule has 0 spiro atoms. The van der Waals surface area contributed by atoms with E-state index in [4.69, 9.17) is 0 Å². The van der Waals surface area contributed by atoms with Crippen LogP contribution in [0.5, 0.6) is 0 Å². The molecule has 3 aromatic rings. The highest BCUT2D eigenvalue weighted by atomic mass is 32.1. The van der Waals surface area contributed by atoms with Crippen LogP contribution < -0.4 is 0 Å². The molecular formula is C17H13F2N3OS. The Morgan fingerprint density at radius 2 is 2.12 bits per heavy atom. The third-order valence-corrected chi connectivity index (χ3v) is 5.01. The molecule has 1 fully saturated rings. The molecule has 122 valence electrons. The van der Waals surface area contributed by atoms with Crippen LogP contribution in [-0.2, 0) is 11.2 Å². The van der Waals surface area contributed by atoms with E-state index in [1.165, 1.54) is 11.3 Å². The van der Waals surface area contributed by atoms with Crippen molar-refractivity contribution in [2.75, 3.05) is 0 Å². The van der Waals surface area contributed by atoms with E-state index in [0.29, 0.717) is 5.69 Å². The number of thiazole rings is 1. The molecule has 0 aliphatic heterocycles. The van der Waals surface area contributed by atoms with Crippen molar-refractivity contribution >= 4 is 28.0 Å². The Morgan fingerprint density at radius 3 is 2.83 bits per heavy atom. The van der Waals surface area contributed by atoms with E-state index in [-0.39, 0.29) is 25.0 Å². The molecule has 0 amide bonds. The van der Waals surface area contributed by atoms with Crippen molar-refractivity contribution in [1.29, 1.82) is 0 Å². The average Bonchev–Trinajstić information content (AvgIpc) is 3.06. The van der Waals surface area contributed by atoms with E-state index in [1.807, 2.05) is 12.1 Å². The Morgan fingerprint density at radius 1 is 1.29 bits per heavy atom. The molecule has 0 radical (unpaired) electrons. The van der Waals surface area contributed by atoms with Gasteiger partial charge < -0.3 is 0 Å². The van der Waals surface area contributed by atoms with E-state index in [9.17, 15) is 13.6 Å². The quantitative estimate of drug-likeness (QED) is 0.719. The number of Topliss-reactive ketones (excluding diaryl/α,β-unsaturated/α-hetero) is 1. The lowest BCUT2D eigenvalue weighted by molar-refractivity contribution is -0.147. The molecule has 0 atom stereocenters. The van der Waals surface area contributed by atoms with Crippen molar-refractivity contribution in [2.24, 2.45) is 5.92 Å². The second-order valence-corrected chi connectivity index (χ2v) is 6.92. The number of carbonyl (C=O) groups is 1. The molecule has 0 unspecified atom stereocenters. The summed E-state index contributed by atoms with van der Waals surface area (Å²) in [6, 6.07) is 5.58. The Kier molecular flexibility index (Phi) is 3.60. The van der Waals surface area contributed by atoms with Crippen LogP contribution in [0.2, 0.25) is 0 Å². The number of hydrogen-bond acceptors (Lipinski definition) is 5. The summed E-state index contributed by atoms with van der Waals surface area (Å²) < 4.78 is 25.8. The van der Waals surface area contributed by atoms with Crippen molar-refractivity contribution < 1.29 is 13.6 Å². The summed E-state index contributed by atoms with van der Waals surface area (Å²) >= 11 is 1.50. The molecule has 1 aliphatic carbocycles. The normalized spacial score (nSPS) is 16.9. The highest BCUT2D eigenvalue weighted by Crippen LogP contribution is 2.43. The lowest BCUT2D eigenvalue weighted by Crippen LogP contribution is -2.40. The van der Waals surface area contributed by atoms with Gasteiger partial charge in [-0.25, -0.2) is 13.8 Å². The van der Waals surface area contributed by atoms with E-state index < -0.39 is 11.8 Å². The largest absolute Gasteiger partial charge is 0.299 e. The second kappa shape index (κ2) is 5.66. The van der Waals surface area contributed by atoms with Gasteiger partial charge in [0.25, 0.3) is 0 Å². The van der Waals surface area contributed by atoms with Gasteiger partial charge in [0, 0.05) is 48.7 Å². The predicted octanol–water partition coefficient (Wildman–Crippen LogP) is 3.91. The molecule has 1 saturated carbocycles. The number of halogens is 2. The zero-order valence-electron chi connectivity index (χ0n) is 12.6. The summed E-state index contributed by atoms with van der Waals surface area (Å²) in [6.45, 7) is 0. The maximum absolute atomic E-state index is 12.9. The summed E-state index contributed by atoms with van der Waals surface area (Å²) in [5.41, 5.74) is 3.85. The molecule has 24 heavy (non-hydrogen) atoms. The number of aromatic nitrogens is 3. The Balaban J connectivity index is 1.57. The molecule has 1 aliphatic rings. The van der Waals surface area contributed by atoms with Crippen molar-refractivity contribution in [1.82, 2.24) is 15.0 Å². The van der Waals surface area contributed by atoms with E-state index >= 15 is 0 Å². The van der Waals surface area contributed by atoms with Crippen molar-refractivity contribution in [3.63, 3.8) is 0 Å². The summed E-state index contributed by atoms with van der Waals surface area (Å²) in [5, 5.41) is 0.870. The predicted molar refractivity (Wildman–Crippen MR) is 87.0 cm³/mol. The summed E-state index contributed by atoms with van der Waals surface area (Å²) in [7, 11) is 0. The lowest BCUT2D eigenvalue weighted by Gasteiger charge is -2.33. The van der Waals surface area contributed by atoms with Gasteiger partial charge in [-0.05, 0) is 18.2 Å². The number of fused-ring (bicyclic) bond motifs is 1. The Bertz CT molecular complexity index is 903. The van der Waals surface area contributed by atoms with Crippen molar-refractivity contribution in [3.05, 3.63) is 41.8 Å². The van der Waals surface area contributed by atoms with E-state index in [0.717, 1.165) is 21.5 Å². The molecule has 0 bridgehead atoms. The Hall–Kier alpha value is -2.28. The van der Waals surface area contributed by atoms with Gasteiger partial charge in [-0.1, -0.05) is 0 Å². The van der Waals surface area contributed by atoms with Gasteiger partial charge in [0.2, 0.25) is 5.92 Å². The molecule has 3 heterocycles. The lowest BCUT2D eigenvalue weighted by atomic mass is 9.77. The van der Waals surface area contributed by atoms with Crippen LogP contribution in [0.1, 0.15) is 18.5 Å². The SMILES string of the molecule is O=C(Cc1cc2nc(-c3cncs3)ccc2cn1)C1CC(F)(F)C1. The van der Waals surface area contributed by atoms with Crippen LogP contribution in [-0.4, -0.2) is 26.7 Å². The minimum atomic E-state index is -2.68. The number of nitrogens with zero attached hydrogens (tertiary/aromatic N) is 3. The third kappa shape index (κ3) is 2.91. The van der Waals surface area contributed by atoms with Crippen LogP contribution in [0.15, 0.2) is 36.1 Å². The van der Waals surface area contributed by atoms with Crippen molar-refractivity contribution in [3.8, 4) is 10.6 Å². The molecule has 0 saturated heterocycles. The maximum atomic E-state index is 12.9. The van der Waals surface area contributed by atoms with Gasteiger partial charge in [-0.15, -0.1) is 11.3 Å². The Labute approximate surface area is 140 Å². The smallest absolute Gasteiger partial charge is 0.249 e. The molecule has 7 heteroatoms. The van der Waals surface area contributed by atoms with Gasteiger partial charge >= 0.3 is 0 Å². The van der Waals surface area contributed by atoms with Crippen molar-refractivity contribution in [2.45, 2.75) is 25.2 Å². The number of hydrogen-bond donors (Lipinski definition) is 0. The number of rotatable bonds is 4. The number of ketones is 1. The first-order chi connectivity index (χ1) is 11.5. The van der Waals surface area contributed by atoms with Crippen LogP contribution in [0.4, 0.5) is 8.78 Å². The molecular weight excluding hydrogens is 332 g/mol. The summed E-state index contributed by atoms with van der Waals surface area (Å²) in [5.74, 6) is -3.40. The third-order valence-electron chi connectivity index (χ3n) is 4.22. The summed E-state index contributed by atoms with van der Waals surface area (Å²) in [4.78, 5) is 25.9. The minimum Gasteiger partial charge on any atom is -0.299 e. The maximum Gasteiger partial charge on any atom is 0.249 e. The highest BCUT2D eigenvalue weighted by molar-refractivity contribution is 7.13. The van der Waals surface area contributed by atoms with Crippen LogP contribution in [0.25, 0.3) is 21.5 Å². The first-order valence-electron chi connectivity index (χ1n) is 7.55. The topological polar surface area (TPSA) is 55.7 Å². The minimum absolute atomic E-state index is 0.0726. The van der Waals surface area contributed by atoms with E-state index in [2.05, 4.69) is 15.0 Å². The summed E-state index contributed by atoms with van der Waals surface area (Å²) in [6.07, 6.45) is 2.81. The molecule has 3 aromatic heterocycles. The molecule has 0 aromatic carbocycles. The fourth-order valence-electron chi connectivity index (χ4n) is 2.85. The van der Waals surface area contributed by atoms with Gasteiger partial charge in [0.05, 0.1) is 21.6 Å². The van der Waals surface area contributed by atoms with Crippen LogP contribution in [0, 0.1) is 5.92 Å². The standard InChI is InChI=1S/C17H13F2N3OS/c18-17(19)5-11(6-17)15(23)4-12-3-14-10(7-21-12)1-2-13(22-14)16-8-20-9-24-16/h1-3,7-9,11H,4-6H2. The van der Waals surface area contributed by atoms with Gasteiger partial charge in [-0.3, -0.25) is 14.8 Å². The zero-order chi connectivity index (χ0) is 16.7. The first kappa shape index (κ1) is 15.3. The molecule has 4 nitrogen and oxygen atoms in total.